The van der Waals surface area contributed by atoms with Crippen LogP contribution in [-0.2, 0) is 36.9 Å². The first-order valence-corrected chi connectivity index (χ1v) is 2.73. The van der Waals surface area contributed by atoms with Crippen molar-refractivity contribution in [2.45, 2.75) is 0 Å². The molecule has 1 heterocycles. The second kappa shape index (κ2) is 6.94. The molecule has 1 rings (SSSR count). The Bertz CT molecular complexity index is 68.2. The van der Waals surface area contributed by atoms with Crippen LogP contribution >= 0.6 is 8.19 Å². The summed E-state index contributed by atoms with van der Waals surface area (Å²) in [5.41, 5.74) is 0. The molecule has 0 spiro atoms. The van der Waals surface area contributed by atoms with Crippen molar-refractivity contribution in [3.05, 3.63) is 23.7 Å². The summed E-state index contributed by atoms with van der Waals surface area (Å²) >= 11 is 0. The fourth-order valence-corrected chi connectivity index (χ4v) is 0.833. The molecule has 0 radical (unpaired) electrons. The predicted molar refractivity (Wildman–Crippen MR) is 25.9 cm³/mol. The van der Waals surface area contributed by atoms with Gasteiger partial charge in [0.2, 0.25) is 0 Å². The zero-order valence-electron chi connectivity index (χ0n) is 3.44. The van der Waals surface area contributed by atoms with E-state index in [0.717, 1.165) is 8.19 Å². The third kappa shape index (κ3) is 4.80. The maximum Gasteiger partial charge on any atom is 0 e. The first-order valence-electron chi connectivity index (χ1n) is 1.58. The Morgan fingerprint density at radius 1 is 1.00 bits per heavy atom. The van der Waals surface area contributed by atoms with E-state index in [4.69, 9.17) is 0 Å². The zero-order valence-corrected chi connectivity index (χ0v) is 6.98. The van der Waals surface area contributed by atoms with Gasteiger partial charge in [0.1, 0.15) is 0 Å². The smallest absolute Gasteiger partial charge is 0 e. The SMILES string of the molecule is [Ni].[Pd].c1cc[pH]c1. The van der Waals surface area contributed by atoms with E-state index in [1.165, 1.54) is 0 Å². The molecular formula is C4H5NiPPd. The fraction of sp³-hybridized carbons (Fsp3) is 0. The molecule has 1 aromatic rings. The average molecular weight is 249 g/mol. The van der Waals surface area contributed by atoms with E-state index in [2.05, 4.69) is 23.7 Å². The van der Waals surface area contributed by atoms with Crippen LogP contribution in [0.1, 0.15) is 0 Å². The largest absolute Gasteiger partial charge is 0.140 e. The van der Waals surface area contributed by atoms with Gasteiger partial charge in [0.05, 0.1) is 0 Å². The Morgan fingerprint density at radius 3 is 1.57 bits per heavy atom. The quantitative estimate of drug-likeness (QED) is 0.614. The summed E-state index contributed by atoms with van der Waals surface area (Å²) in [7, 11) is 0.948. The molecular weight excluding hydrogens is 244 g/mol. The third-order valence-corrected chi connectivity index (χ3v) is 1.27. The Kier molecular flexibility index (Phi) is 10.7. The molecule has 0 saturated carbocycles. The van der Waals surface area contributed by atoms with Gasteiger partial charge in [-0.2, -0.15) is 0 Å². The van der Waals surface area contributed by atoms with Crippen molar-refractivity contribution in [3.63, 3.8) is 0 Å². The summed E-state index contributed by atoms with van der Waals surface area (Å²) in [6.45, 7) is 0. The van der Waals surface area contributed by atoms with Gasteiger partial charge >= 0.3 is 0 Å². The minimum Gasteiger partial charge on any atom is -0.140 e. The molecule has 0 atom stereocenters. The van der Waals surface area contributed by atoms with Crippen LogP contribution in [-0.4, -0.2) is 0 Å². The first-order chi connectivity index (χ1) is 2.50. The molecule has 7 heavy (non-hydrogen) atoms. The molecule has 46 valence electrons. The molecule has 0 bridgehead atoms. The predicted octanol–water partition coefficient (Wildman–Crippen LogP) is 1.71. The van der Waals surface area contributed by atoms with E-state index in [-0.39, 0.29) is 36.9 Å². The monoisotopic (exact) mass is 248 g/mol. The van der Waals surface area contributed by atoms with E-state index in [1.54, 1.807) is 0 Å². The van der Waals surface area contributed by atoms with Crippen LogP contribution in [0.2, 0.25) is 0 Å². The molecule has 0 aromatic carbocycles. The summed E-state index contributed by atoms with van der Waals surface area (Å²) in [4.78, 5) is 0. The number of hydrogen-bond acceptors (Lipinski definition) is 0. The van der Waals surface area contributed by atoms with Crippen LogP contribution in [0.5, 0.6) is 0 Å². The Morgan fingerprint density at radius 2 is 1.43 bits per heavy atom. The molecule has 0 nitrogen and oxygen atoms in total. The molecule has 3 heteroatoms. The van der Waals surface area contributed by atoms with Crippen molar-refractivity contribution >= 4 is 8.19 Å². The van der Waals surface area contributed by atoms with Gasteiger partial charge in [0.25, 0.3) is 0 Å². The molecule has 0 aliphatic rings. The van der Waals surface area contributed by atoms with E-state index in [9.17, 15) is 0 Å². The number of rotatable bonds is 0. The van der Waals surface area contributed by atoms with Crippen molar-refractivity contribution in [1.82, 2.24) is 0 Å². The van der Waals surface area contributed by atoms with E-state index < -0.39 is 0 Å². The maximum absolute atomic E-state index is 2.15. The second-order valence-electron chi connectivity index (χ2n) is 0.885. The van der Waals surface area contributed by atoms with Gasteiger partial charge in [0, 0.05) is 36.9 Å². The van der Waals surface area contributed by atoms with E-state index in [0.29, 0.717) is 0 Å². The van der Waals surface area contributed by atoms with Crippen LogP contribution in [0, 0.1) is 0 Å². The second-order valence-corrected chi connectivity index (χ2v) is 1.88. The van der Waals surface area contributed by atoms with Crippen LogP contribution < -0.4 is 0 Å². The van der Waals surface area contributed by atoms with E-state index >= 15 is 0 Å². The molecule has 0 aliphatic carbocycles. The van der Waals surface area contributed by atoms with Crippen molar-refractivity contribution in [1.29, 1.82) is 0 Å². The first kappa shape index (κ1) is 10.8. The topological polar surface area (TPSA) is 0 Å². The summed E-state index contributed by atoms with van der Waals surface area (Å²) in [6, 6.07) is 4.14. The average Bonchev–Trinajstić information content (AvgIpc) is 1.76. The van der Waals surface area contributed by atoms with Gasteiger partial charge in [-0.3, -0.25) is 0 Å². The van der Waals surface area contributed by atoms with Crippen LogP contribution in [0.4, 0.5) is 0 Å². The van der Waals surface area contributed by atoms with Crippen molar-refractivity contribution in [3.8, 4) is 0 Å². The standard InChI is InChI=1S/C4H5P.Ni.Pd/c1-2-4-5-3-1;;/h1-5H;;. The molecule has 0 aliphatic heterocycles. The summed E-state index contributed by atoms with van der Waals surface area (Å²) in [5, 5.41) is 0. The Hall–Kier alpha value is 0.936. The maximum atomic E-state index is 2.15. The molecule has 0 saturated heterocycles. The van der Waals surface area contributed by atoms with Gasteiger partial charge in [-0.05, 0) is 11.6 Å². The normalized spacial score (nSPS) is 5.71. The molecule has 1 aromatic heterocycles. The number of hydrogen-bond donors (Lipinski definition) is 0. The van der Waals surface area contributed by atoms with Crippen molar-refractivity contribution in [2.24, 2.45) is 0 Å². The van der Waals surface area contributed by atoms with Crippen LogP contribution in [0.15, 0.2) is 23.7 Å². The van der Waals surface area contributed by atoms with Crippen molar-refractivity contribution in [2.75, 3.05) is 0 Å². The Balaban J connectivity index is 0. The molecule has 0 unspecified atom stereocenters. The van der Waals surface area contributed by atoms with Gasteiger partial charge in [0.15, 0.2) is 0 Å². The minimum absolute atomic E-state index is 0. The summed E-state index contributed by atoms with van der Waals surface area (Å²) in [6.07, 6.45) is 0. The van der Waals surface area contributed by atoms with Crippen molar-refractivity contribution < 1.29 is 36.9 Å². The van der Waals surface area contributed by atoms with Gasteiger partial charge in [-0.1, -0.05) is 12.1 Å². The van der Waals surface area contributed by atoms with Gasteiger partial charge < -0.3 is 0 Å². The van der Waals surface area contributed by atoms with E-state index in [1.807, 2.05) is 0 Å². The fourth-order valence-electron chi connectivity index (χ4n) is 0.278. The summed E-state index contributed by atoms with van der Waals surface area (Å²) < 4.78 is 0. The third-order valence-electron chi connectivity index (χ3n) is 0.496. The van der Waals surface area contributed by atoms with Crippen LogP contribution in [0.25, 0.3) is 0 Å². The van der Waals surface area contributed by atoms with Crippen LogP contribution in [0.3, 0.4) is 0 Å². The van der Waals surface area contributed by atoms with Gasteiger partial charge in [-0.15, -0.1) is 8.19 Å². The summed E-state index contributed by atoms with van der Waals surface area (Å²) in [5.74, 6) is 4.31. The molecule has 0 N–H and O–H groups in total. The molecule has 0 fully saturated rings. The molecule has 0 amide bonds. The van der Waals surface area contributed by atoms with Gasteiger partial charge in [-0.25, -0.2) is 0 Å². The Labute approximate surface area is 68.7 Å². The zero-order chi connectivity index (χ0) is 3.54. The minimum atomic E-state index is 0.